The van der Waals surface area contributed by atoms with Crippen LogP contribution >= 0.6 is 27.3 Å². The highest BCUT2D eigenvalue weighted by molar-refractivity contribution is 9.10. The Hall–Kier alpha value is -2.59. The third kappa shape index (κ3) is 4.14. The lowest BCUT2D eigenvalue weighted by Crippen LogP contribution is -2.35. The van der Waals surface area contributed by atoms with E-state index in [1.165, 1.54) is 22.6 Å². The molecular weight excluding hydrogens is 420 g/mol. The molecule has 0 atom stereocenters. The van der Waals surface area contributed by atoms with Gasteiger partial charge in [0.25, 0.3) is 5.91 Å². The van der Waals surface area contributed by atoms with Crippen molar-refractivity contribution in [3.63, 3.8) is 0 Å². The van der Waals surface area contributed by atoms with Crippen LogP contribution in [0.4, 0.5) is 5.69 Å². The molecule has 2 aromatic heterocycles. The number of nitrogens with zero attached hydrogens (tertiary/aromatic N) is 4. The summed E-state index contributed by atoms with van der Waals surface area (Å²) in [5, 5.41) is 11.5. The number of aromatic amines is 1. The number of carbonyl (C=O) groups is 2. The molecule has 10 heteroatoms. The highest BCUT2D eigenvalue weighted by Crippen LogP contribution is 2.21. The SMILES string of the molecule is Cc1cc(Br)ccc1NC(=O)CN(C)C(=O)c1csc(-c2ncn[nH]2)n1. The van der Waals surface area contributed by atoms with Crippen LogP contribution in [0.3, 0.4) is 0 Å². The van der Waals surface area contributed by atoms with Crippen molar-refractivity contribution in [2.75, 3.05) is 18.9 Å². The van der Waals surface area contributed by atoms with Gasteiger partial charge in [-0.2, -0.15) is 5.10 Å². The van der Waals surface area contributed by atoms with Gasteiger partial charge in [0.05, 0.1) is 6.54 Å². The highest BCUT2D eigenvalue weighted by Gasteiger charge is 2.19. The zero-order chi connectivity index (χ0) is 18.7. The van der Waals surface area contributed by atoms with Gasteiger partial charge >= 0.3 is 0 Å². The van der Waals surface area contributed by atoms with Crippen molar-refractivity contribution in [2.24, 2.45) is 0 Å². The van der Waals surface area contributed by atoms with Gasteiger partial charge in [0.2, 0.25) is 5.91 Å². The van der Waals surface area contributed by atoms with Crippen LogP contribution in [0.25, 0.3) is 10.8 Å². The largest absolute Gasteiger partial charge is 0.331 e. The third-order valence-corrected chi connectivity index (χ3v) is 4.87. The Balaban J connectivity index is 1.62. The van der Waals surface area contributed by atoms with Gasteiger partial charge in [-0.3, -0.25) is 14.7 Å². The van der Waals surface area contributed by atoms with Gasteiger partial charge in [0.1, 0.15) is 12.0 Å². The predicted molar refractivity (Wildman–Crippen MR) is 102 cm³/mol. The molecule has 0 radical (unpaired) electrons. The molecule has 8 nitrogen and oxygen atoms in total. The summed E-state index contributed by atoms with van der Waals surface area (Å²) in [6, 6.07) is 5.56. The van der Waals surface area contributed by atoms with Crippen LogP contribution in [-0.2, 0) is 4.79 Å². The zero-order valence-corrected chi connectivity index (χ0v) is 16.4. The Kier molecular flexibility index (Phi) is 5.43. The maximum Gasteiger partial charge on any atom is 0.273 e. The van der Waals surface area contributed by atoms with E-state index in [1.54, 1.807) is 12.4 Å². The first-order valence-electron chi connectivity index (χ1n) is 7.57. The van der Waals surface area contributed by atoms with Crippen molar-refractivity contribution in [1.82, 2.24) is 25.1 Å². The first kappa shape index (κ1) is 18.2. The minimum atomic E-state index is -0.338. The molecule has 134 valence electrons. The summed E-state index contributed by atoms with van der Waals surface area (Å²) in [5.74, 6) is -0.119. The quantitative estimate of drug-likeness (QED) is 0.642. The van der Waals surface area contributed by atoms with E-state index in [4.69, 9.17) is 0 Å². The number of anilines is 1. The fraction of sp³-hybridized carbons (Fsp3) is 0.188. The number of hydrogen-bond acceptors (Lipinski definition) is 6. The van der Waals surface area contributed by atoms with Crippen LogP contribution in [0.5, 0.6) is 0 Å². The first-order chi connectivity index (χ1) is 12.4. The summed E-state index contributed by atoms with van der Waals surface area (Å²) < 4.78 is 0.936. The van der Waals surface area contributed by atoms with E-state index in [9.17, 15) is 9.59 Å². The number of halogens is 1. The monoisotopic (exact) mass is 434 g/mol. The van der Waals surface area contributed by atoms with Crippen molar-refractivity contribution in [1.29, 1.82) is 0 Å². The molecule has 0 aliphatic carbocycles. The molecule has 0 bridgehead atoms. The van der Waals surface area contributed by atoms with E-state index < -0.39 is 0 Å². The maximum absolute atomic E-state index is 12.5. The second-order valence-corrected chi connectivity index (χ2v) is 7.31. The van der Waals surface area contributed by atoms with Crippen LogP contribution in [-0.4, -0.2) is 50.5 Å². The van der Waals surface area contributed by atoms with Crippen LogP contribution in [0.2, 0.25) is 0 Å². The summed E-state index contributed by atoms with van der Waals surface area (Å²) in [4.78, 5) is 34.3. The molecule has 2 N–H and O–H groups in total. The number of rotatable bonds is 5. The van der Waals surface area contributed by atoms with Gasteiger partial charge in [-0.25, -0.2) is 9.97 Å². The second-order valence-electron chi connectivity index (χ2n) is 5.54. The fourth-order valence-electron chi connectivity index (χ4n) is 2.23. The molecule has 0 aliphatic rings. The summed E-state index contributed by atoms with van der Waals surface area (Å²) in [6.07, 6.45) is 1.37. The minimum Gasteiger partial charge on any atom is -0.331 e. The van der Waals surface area contributed by atoms with Crippen molar-refractivity contribution < 1.29 is 9.59 Å². The van der Waals surface area contributed by atoms with E-state index in [-0.39, 0.29) is 24.1 Å². The number of H-pyrrole nitrogens is 1. The zero-order valence-electron chi connectivity index (χ0n) is 14.0. The lowest BCUT2D eigenvalue weighted by molar-refractivity contribution is -0.116. The van der Waals surface area contributed by atoms with Crippen molar-refractivity contribution in [3.05, 3.63) is 45.6 Å². The van der Waals surface area contributed by atoms with Gasteiger partial charge in [-0.15, -0.1) is 11.3 Å². The smallest absolute Gasteiger partial charge is 0.273 e. The molecule has 3 rings (SSSR count). The van der Waals surface area contributed by atoms with Gasteiger partial charge in [-0.1, -0.05) is 15.9 Å². The molecule has 0 spiro atoms. The number of hydrogen-bond donors (Lipinski definition) is 2. The highest BCUT2D eigenvalue weighted by atomic mass is 79.9. The number of aryl methyl sites for hydroxylation is 1. The van der Waals surface area contributed by atoms with Crippen molar-refractivity contribution in [3.8, 4) is 10.8 Å². The topological polar surface area (TPSA) is 104 Å². The summed E-state index contributed by atoms with van der Waals surface area (Å²) >= 11 is 4.66. The number of likely N-dealkylation sites (N-methyl/N-ethyl adjacent to an activating group) is 1. The maximum atomic E-state index is 12.5. The molecular formula is C16H15BrN6O2S. The van der Waals surface area contributed by atoms with E-state index in [0.717, 1.165) is 10.0 Å². The molecule has 2 heterocycles. The van der Waals surface area contributed by atoms with Crippen molar-refractivity contribution in [2.45, 2.75) is 6.92 Å². The Morgan fingerprint density at radius 1 is 1.38 bits per heavy atom. The molecule has 1 aromatic carbocycles. The number of benzene rings is 1. The van der Waals surface area contributed by atoms with E-state index in [0.29, 0.717) is 16.5 Å². The van der Waals surface area contributed by atoms with E-state index >= 15 is 0 Å². The summed E-state index contributed by atoms with van der Waals surface area (Å²) in [6.45, 7) is 1.82. The van der Waals surface area contributed by atoms with Crippen LogP contribution in [0.1, 0.15) is 16.1 Å². The average Bonchev–Trinajstić information content (AvgIpc) is 3.27. The Morgan fingerprint density at radius 3 is 2.88 bits per heavy atom. The van der Waals surface area contributed by atoms with Crippen LogP contribution < -0.4 is 5.32 Å². The van der Waals surface area contributed by atoms with Crippen LogP contribution in [0, 0.1) is 6.92 Å². The van der Waals surface area contributed by atoms with E-state index in [1.807, 2.05) is 25.1 Å². The van der Waals surface area contributed by atoms with E-state index in [2.05, 4.69) is 41.4 Å². The Labute approximate surface area is 161 Å². The average molecular weight is 435 g/mol. The molecule has 0 unspecified atom stereocenters. The summed E-state index contributed by atoms with van der Waals surface area (Å²) in [5.41, 5.74) is 1.90. The first-order valence-corrected chi connectivity index (χ1v) is 9.24. The normalized spacial score (nSPS) is 10.6. The number of nitrogens with one attached hydrogen (secondary N) is 2. The number of thiazole rings is 1. The molecule has 0 saturated carbocycles. The van der Waals surface area contributed by atoms with Crippen molar-refractivity contribution >= 4 is 44.8 Å². The lowest BCUT2D eigenvalue weighted by atomic mass is 10.2. The minimum absolute atomic E-state index is 0.0799. The third-order valence-electron chi connectivity index (χ3n) is 3.53. The van der Waals surface area contributed by atoms with Crippen LogP contribution in [0.15, 0.2) is 34.4 Å². The molecule has 0 fully saturated rings. The standard InChI is InChI=1S/C16H15BrN6O2S/c1-9-5-10(17)3-4-11(9)20-13(24)6-23(2)16(25)12-7-26-15(21-12)14-18-8-19-22-14/h3-5,7-8H,6H2,1-2H3,(H,20,24)(H,18,19,22). The van der Waals surface area contributed by atoms with Gasteiger partial charge in [0, 0.05) is 22.6 Å². The predicted octanol–water partition coefficient (Wildman–Crippen LogP) is 2.71. The molecule has 0 aliphatic heterocycles. The molecule has 26 heavy (non-hydrogen) atoms. The lowest BCUT2D eigenvalue weighted by Gasteiger charge is -2.16. The fourth-order valence-corrected chi connectivity index (χ4v) is 3.44. The number of aromatic nitrogens is 4. The number of carbonyl (C=O) groups excluding carboxylic acids is 2. The second kappa shape index (κ2) is 7.75. The Bertz CT molecular complexity index is 940. The summed E-state index contributed by atoms with van der Waals surface area (Å²) in [7, 11) is 1.56. The number of amides is 2. The molecule has 2 amide bonds. The van der Waals surface area contributed by atoms with Gasteiger partial charge in [-0.05, 0) is 30.7 Å². The Morgan fingerprint density at radius 2 is 2.19 bits per heavy atom. The van der Waals surface area contributed by atoms with Gasteiger partial charge in [0.15, 0.2) is 10.8 Å². The molecule has 3 aromatic rings. The van der Waals surface area contributed by atoms with Gasteiger partial charge < -0.3 is 10.2 Å². The molecule has 0 saturated heterocycles.